The van der Waals surface area contributed by atoms with Gasteiger partial charge in [0, 0.05) is 25.2 Å². The van der Waals surface area contributed by atoms with E-state index in [0.717, 1.165) is 31.5 Å². The zero-order chi connectivity index (χ0) is 18.2. The Labute approximate surface area is 149 Å². The van der Waals surface area contributed by atoms with Gasteiger partial charge in [0.25, 0.3) is 5.91 Å². The molecule has 0 radical (unpaired) electrons. The van der Waals surface area contributed by atoms with E-state index in [2.05, 4.69) is 4.90 Å². The molecule has 0 aliphatic carbocycles. The Bertz CT molecular complexity index is 611. The van der Waals surface area contributed by atoms with E-state index in [1.54, 1.807) is 18.2 Å². The Hall–Kier alpha value is -2.34. The average molecular weight is 345 g/mol. The number of hydrogen-bond acceptors (Lipinski definition) is 4. The van der Waals surface area contributed by atoms with Gasteiger partial charge >= 0.3 is 0 Å². The Morgan fingerprint density at radius 2 is 2.00 bits per heavy atom. The van der Waals surface area contributed by atoms with E-state index in [1.807, 2.05) is 37.2 Å². The van der Waals surface area contributed by atoms with E-state index in [-0.39, 0.29) is 18.6 Å². The van der Waals surface area contributed by atoms with Gasteiger partial charge in [0.2, 0.25) is 5.91 Å². The van der Waals surface area contributed by atoms with Gasteiger partial charge in [-0.2, -0.15) is 0 Å². The molecule has 0 saturated carbocycles. The zero-order valence-electron chi connectivity index (χ0n) is 15.0. The lowest BCUT2D eigenvalue weighted by atomic mass is 10.0. The molecule has 1 aromatic rings. The van der Waals surface area contributed by atoms with Crippen molar-refractivity contribution in [1.82, 2.24) is 9.80 Å². The molecule has 136 valence electrons. The number of primary amides is 1. The van der Waals surface area contributed by atoms with Crippen LogP contribution in [0.25, 0.3) is 6.08 Å². The van der Waals surface area contributed by atoms with Crippen LogP contribution < -0.4 is 10.5 Å². The van der Waals surface area contributed by atoms with Crippen molar-refractivity contribution >= 4 is 17.9 Å². The summed E-state index contributed by atoms with van der Waals surface area (Å²) in [7, 11) is 4.07. The van der Waals surface area contributed by atoms with Gasteiger partial charge in [0.05, 0.1) is 0 Å². The van der Waals surface area contributed by atoms with Crippen LogP contribution in [0, 0.1) is 0 Å². The van der Waals surface area contributed by atoms with Crippen molar-refractivity contribution in [3.05, 3.63) is 35.9 Å². The van der Waals surface area contributed by atoms with Crippen LogP contribution in [0.3, 0.4) is 0 Å². The van der Waals surface area contributed by atoms with Crippen molar-refractivity contribution in [2.45, 2.75) is 25.3 Å². The third-order valence-electron chi connectivity index (χ3n) is 4.17. The molecule has 1 saturated heterocycles. The molecular formula is C19H27N3O3. The molecule has 1 aliphatic rings. The van der Waals surface area contributed by atoms with Crippen LogP contribution in [-0.4, -0.2) is 61.4 Å². The van der Waals surface area contributed by atoms with Gasteiger partial charge in [-0.05, 0) is 57.1 Å². The molecule has 0 bridgehead atoms. The highest BCUT2D eigenvalue weighted by Gasteiger charge is 2.25. The quantitative estimate of drug-likeness (QED) is 0.760. The molecule has 1 heterocycles. The summed E-state index contributed by atoms with van der Waals surface area (Å²) in [6.45, 7) is 1.57. The minimum atomic E-state index is -0.511. The number of piperidine rings is 1. The number of nitrogens with two attached hydrogens (primary N) is 1. The van der Waals surface area contributed by atoms with E-state index in [0.29, 0.717) is 5.75 Å². The topological polar surface area (TPSA) is 75.9 Å². The summed E-state index contributed by atoms with van der Waals surface area (Å²) < 4.78 is 5.22. The molecule has 0 aromatic heterocycles. The van der Waals surface area contributed by atoms with E-state index < -0.39 is 5.91 Å². The van der Waals surface area contributed by atoms with Crippen LogP contribution in [0.5, 0.6) is 5.75 Å². The van der Waals surface area contributed by atoms with Gasteiger partial charge in [0.1, 0.15) is 5.75 Å². The standard InChI is InChI=1S/C19H27N3O3/c1-21(2)13-16-5-3-4-12-22(16)19(24)11-8-15-6-9-17(10-7-15)25-14-18(20)23/h6-11,16H,3-5,12-14H2,1-2H3,(H2,20,23)/b11-8+/t16-/m0/s1. The van der Waals surface area contributed by atoms with Crippen LogP contribution in [-0.2, 0) is 9.59 Å². The normalized spacial score (nSPS) is 17.9. The summed E-state index contributed by atoms with van der Waals surface area (Å²) in [5.41, 5.74) is 5.95. The van der Waals surface area contributed by atoms with Gasteiger partial charge in [-0.25, -0.2) is 0 Å². The van der Waals surface area contributed by atoms with Crippen LogP contribution in [0.1, 0.15) is 24.8 Å². The summed E-state index contributed by atoms with van der Waals surface area (Å²) in [5, 5.41) is 0. The smallest absolute Gasteiger partial charge is 0.255 e. The number of benzene rings is 1. The first-order valence-electron chi connectivity index (χ1n) is 8.60. The first-order chi connectivity index (χ1) is 12.0. The number of likely N-dealkylation sites (tertiary alicyclic amines) is 1. The molecular weight excluding hydrogens is 318 g/mol. The maximum atomic E-state index is 12.6. The Morgan fingerprint density at radius 1 is 1.28 bits per heavy atom. The summed E-state index contributed by atoms with van der Waals surface area (Å²) in [6.07, 6.45) is 6.74. The van der Waals surface area contributed by atoms with Gasteiger partial charge in [-0.3, -0.25) is 9.59 Å². The average Bonchev–Trinajstić information content (AvgIpc) is 2.58. The second-order valence-corrected chi connectivity index (χ2v) is 6.60. The summed E-state index contributed by atoms with van der Waals surface area (Å²) in [4.78, 5) is 27.4. The largest absolute Gasteiger partial charge is 0.484 e. The van der Waals surface area contributed by atoms with Crippen molar-refractivity contribution < 1.29 is 14.3 Å². The minimum Gasteiger partial charge on any atom is -0.484 e. The fraction of sp³-hybridized carbons (Fsp3) is 0.474. The highest BCUT2D eigenvalue weighted by molar-refractivity contribution is 5.92. The summed E-state index contributed by atoms with van der Waals surface area (Å²) in [6, 6.07) is 7.47. The second-order valence-electron chi connectivity index (χ2n) is 6.60. The third kappa shape index (κ3) is 6.23. The molecule has 6 nitrogen and oxygen atoms in total. The molecule has 0 spiro atoms. The maximum Gasteiger partial charge on any atom is 0.255 e. The molecule has 0 unspecified atom stereocenters. The number of amides is 2. The first-order valence-corrected chi connectivity index (χ1v) is 8.60. The van der Waals surface area contributed by atoms with Crippen LogP contribution in [0.15, 0.2) is 30.3 Å². The molecule has 2 rings (SSSR count). The minimum absolute atomic E-state index is 0.0561. The monoisotopic (exact) mass is 345 g/mol. The van der Waals surface area contributed by atoms with Gasteiger partial charge in [-0.1, -0.05) is 12.1 Å². The molecule has 1 aromatic carbocycles. The maximum absolute atomic E-state index is 12.6. The molecule has 1 atom stereocenters. The fourth-order valence-electron chi connectivity index (χ4n) is 2.99. The van der Waals surface area contributed by atoms with Crippen LogP contribution in [0.2, 0.25) is 0 Å². The van der Waals surface area contributed by atoms with Crippen molar-refractivity contribution in [2.75, 3.05) is 33.8 Å². The molecule has 6 heteroatoms. The van der Waals surface area contributed by atoms with Gasteiger partial charge in [0.15, 0.2) is 6.61 Å². The van der Waals surface area contributed by atoms with Crippen molar-refractivity contribution in [3.8, 4) is 5.75 Å². The number of rotatable bonds is 7. The van der Waals surface area contributed by atoms with E-state index >= 15 is 0 Å². The lowest BCUT2D eigenvalue weighted by molar-refractivity contribution is -0.129. The SMILES string of the molecule is CN(C)C[C@@H]1CCCCN1C(=O)/C=C/c1ccc(OCC(N)=O)cc1. The number of carbonyl (C=O) groups excluding carboxylic acids is 2. The number of carbonyl (C=O) groups is 2. The van der Waals surface area contributed by atoms with Crippen LogP contribution >= 0.6 is 0 Å². The molecule has 2 amide bonds. The highest BCUT2D eigenvalue weighted by Crippen LogP contribution is 2.19. The van der Waals surface area contributed by atoms with Gasteiger partial charge < -0.3 is 20.3 Å². The predicted octanol–water partition coefficient (Wildman–Crippen LogP) is 1.51. The summed E-state index contributed by atoms with van der Waals surface area (Å²) in [5.74, 6) is 0.119. The molecule has 1 fully saturated rings. The lowest BCUT2D eigenvalue weighted by Gasteiger charge is -2.36. The van der Waals surface area contributed by atoms with E-state index in [1.165, 1.54) is 6.42 Å². The van der Waals surface area contributed by atoms with Crippen LogP contribution in [0.4, 0.5) is 0 Å². The Balaban J connectivity index is 1.95. The highest BCUT2D eigenvalue weighted by atomic mass is 16.5. The third-order valence-corrected chi connectivity index (χ3v) is 4.17. The number of hydrogen-bond donors (Lipinski definition) is 1. The number of ether oxygens (including phenoxy) is 1. The van der Waals surface area contributed by atoms with E-state index in [4.69, 9.17) is 10.5 Å². The van der Waals surface area contributed by atoms with Crippen molar-refractivity contribution in [3.63, 3.8) is 0 Å². The second kappa shape index (κ2) is 9.22. The number of likely N-dealkylation sites (N-methyl/N-ethyl adjacent to an activating group) is 1. The van der Waals surface area contributed by atoms with Crippen molar-refractivity contribution in [2.24, 2.45) is 5.73 Å². The van der Waals surface area contributed by atoms with E-state index in [9.17, 15) is 9.59 Å². The molecule has 25 heavy (non-hydrogen) atoms. The predicted molar refractivity (Wildman–Crippen MR) is 98.1 cm³/mol. The van der Waals surface area contributed by atoms with Gasteiger partial charge in [-0.15, -0.1) is 0 Å². The molecule has 1 aliphatic heterocycles. The Morgan fingerprint density at radius 3 is 2.64 bits per heavy atom. The summed E-state index contributed by atoms with van der Waals surface area (Å²) >= 11 is 0. The Kier molecular flexibility index (Phi) is 7.01. The van der Waals surface area contributed by atoms with Crippen molar-refractivity contribution in [1.29, 1.82) is 0 Å². The zero-order valence-corrected chi connectivity index (χ0v) is 15.0. The number of nitrogens with zero attached hydrogens (tertiary/aromatic N) is 2. The first kappa shape index (κ1) is 19.0. The fourth-order valence-corrected chi connectivity index (χ4v) is 2.99. The lowest BCUT2D eigenvalue weighted by Crippen LogP contribution is -2.47. The molecule has 2 N–H and O–H groups in total.